The van der Waals surface area contributed by atoms with Crippen LogP contribution in [0.3, 0.4) is 0 Å². The maximum Gasteiger partial charge on any atom is 0.419 e. The summed E-state index contributed by atoms with van der Waals surface area (Å²) in [5.41, 5.74) is -4.82. The quantitative estimate of drug-likeness (QED) is 0.677. The molecule has 21 heavy (non-hydrogen) atoms. The zero-order valence-electron chi connectivity index (χ0n) is 10.6. The van der Waals surface area contributed by atoms with Gasteiger partial charge in [-0.15, -0.1) is 0 Å². The molecule has 0 saturated carbocycles. The number of hydrogen-bond acceptors (Lipinski definition) is 3. The number of benzene rings is 1. The Hall–Kier alpha value is -1.93. The number of aromatic hydroxyl groups is 1. The van der Waals surface area contributed by atoms with Gasteiger partial charge in [-0.2, -0.15) is 26.3 Å². The Balaban J connectivity index is 3.44. The van der Waals surface area contributed by atoms with Crippen LogP contribution in [0.2, 0.25) is 0 Å². The predicted octanol–water partition coefficient (Wildman–Crippen LogP) is 4.00. The van der Waals surface area contributed by atoms with Crippen molar-refractivity contribution >= 4 is 5.97 Å². The smallest absolute Gasteiger partial charge is 0.419 e. The number of carbonyl (C=O) groups is 1. The number of halogens is 6. The molecule has 0 radical (unpaired) electrons. The van der Waals surface area contributed by atoms with Crippen LogP contribution in [0.4, 0.5) is 26.3 Å². The molecule has 1 N–H and O–H groups in total. The lowest BCUT2D eigenvalue weighted by atomic mass is 10.0. The van der Waals surface area contributed by atoms with Gasteiger partial charge in [-0.25, -0.2) is 4.79 Å². The molecular weight excluding hydrogens is 306 g/mol. The normalized spacial score (nSPS) is 12.3. The standard InChI is InChI=1S/C12H10F6O3/c1-2-3-21-10(20)6-4-7(11(13,14)15)9(19)8(5-6)12(16,17)18/h4-5,19H,2-3H2,1H3. The van der Waals surface area contributed by atoms with E-state index in [1.54, 1.807) is 6.92 Å². The van der Waals surface area contributed by atoms with Crippen molar-refractivity contribution in [3.63, 3.8) is 0 Å². The lowest BCUT2D eigenvalue weighted by molar-refractivity contribution is -0.145. The number of carbonyl (C=O) groups excluding carboxylic acids is 1. The van der Waals surface area contributed by atoms with E-state index < -0.39 is 40.8 Å². The van der Waals surface area contributed by atoms with E-state index in [2.05, 4.69) is 4.74 Å². The first kappa shape index (κ1) is 17.1. The van der Waals surface area contributed by atoms with E-state index in [4.69, 9.17) is 5.11 Å². The number of phenols is 1. The van der Waals surface area contributed by atoms with Gasteiger partial charge < -0.3 is 9.84 Å². The Morgan fingerprint density at radius 3 is 1.86 bits per heavy atom. The molecule has 0 aliphatic carbocycles. The molecule has 0 atom stereocenters. The molecule has 0 aromatic heterocycles. The number of hydrogen-bond donors (Lipinski definition) is 1. The first-order chi connectivity index (χ1) is 9.48. The van der Waals surface area contributed by atoms with Gasteiger partial charge in [0.1, 0.15) is 5.75 Å². The van der Waals surface area contributed by atoms with Crippen LogP contribution < -0.4 is 0 Å². The second-order valence-corrected chi connectivity index (χ2v) is 4.05. The van der Waals surface area contributed by atoms with E-state index in [1.807, 2.05) is 0 Å². The molecule has 1 rings (SSSR count). The van der Waals surface area contributed by atoms with Crippen LogP contribution >= 0.6 is 0 Å². The molecule has 0 spiro atoms. The van der Waals surface area contributed by atoms with Crippen LogP contribution in [-0.2, 0) is 17.1 Å². The number of rotatable bonds is 3. The van der Waals surface area contributed by atoms with Crippen LogP contribution in [0.15, 0.2) is 12.1 Å². The van der Waals surface area contributed by atoms with Gasteiger partial charge in [-0.05, 0) is 18.6 Å². The third-order valence-electron chi connectivity index (χ3n) is 2.39. The Morgan fingerprint density at radius 2 is 1.52 bits per heavy atom. The topological polar surface area (TPSA) is 46.5 Å². The van der Waals surface area contributed by atoms with Gasteiger partial charge in [0.15, 0.2) is 0 Å². The molecule has 0 aliphatic rings. The molecule has 118 valence electrons. The van der Waals surface area contributed by atoms with Crippen molar-refractivity contribution in [2.45, 2.75) is 25.7 Å². The second kappa shape index (κ2) is 5.82. The fourth-order valence-corrected chi connectivity index (χ4v) is 1.46. The average Bonchev–Trinajstić information content (AvgIpc) is 2.33. The maximum absolute atomic E-state index is 12.6. The third kappa shape index (κ3) is 4.02. The summed E-state index contributed by atoms with van der Waals surface area (Å²) in [4.78, 5) is 11.4. The van der Waals surface area contributed by atoms with Gasteiger partial charge in [0, 0.05) is 0 Å². The highest BCUT2D eigenvalue weighted by atomic mass is 19.4. The number of esters is 1. The zero-order chi connectivity index (χ0) is 16.4. The highest BCUT2D eigenvalue weighted by molar-refractivity contribution is 5.90. The fraction of sp³-hybridized carbons (Fsp3) is 0.417. The summed E-state index contributed by atoms with van der Waals surface area (Å²) in [7, 11) is 0. The molecule has 0 fully saturated rings. The highest BCUT2D eigenvalue weighted by Gasteiger charge is 2.42. The Morgan fingerprint density at radius 1 is 1.10 bits per heavy atom. The number of phenolic OH excluding ortho intramolecular Hbond substituents is 1. The Labute approximate surface area is 115 Å². The fourth-order valence-electron chi connectivity index (χ4n) is 1.46. The molecule has 9 heteroatoms. The summed E-state index contributed by atoms with van der Waals surface area (Å²) in [6.45, 7) is 1.45. The van der Waals surface area contributed by atoms with Gasteiger partial charge in [0.25, 0.3) is 0 Å². The van der Waals surface area contributed by atoms with Crippen molar-refractivity contribution in [2.24, 2.45) is 0 Å². The summed E-state index contributed by atoms with van der Waals surface area (Å²) >= 11 is 0. The monoisotopic (exact) mass is 316 g/mol. The van der Waals surface area contributed by atoms with Crippen LogP contribution in [0.25, 0.3) is 0 Å². The summed E-state index contributed by atoms with van der Waals surface area (Å²) in [6.07, 6.45) is -10.1. The predicted molar refractivity (Wildman–Crippen MR) is 58.7 cm³/mol. The summed E-state index contributed by atoms with van der Waals surface area (Å²) < 4.78 is 80.3. The lowest BCUT2D eigenvalue weighted by Gasteiger charge is -2.16. The van der Waals surface area contributed by atoms with E-state index in [9.17, 15) is 31.1 Å². The van der Waals surface area contributed by atoms with E-state index >= 15 is 0 Å². The third-order valence-corrected chi connectivity index (χ3v) is 2.39. The number of ether oxygens (including phenoxy) is 1. The van der Waals surface area contributed by atoms with E-state index in [1.165, 1.54) is 0 Å². The van der Waals surface area contributed by atoms with Gasteiger partial charge >= 0.3 is 18.3 Å². The van der Waals surface area contributed by atoms with Crippen LogP contribution in [-0.4, -0.2) is 17.7 Å². The molecule has 0 saturated heterocycles. The Kier molecular flexibility index (Phi) is 4.75. The molecule has 0 bridgehead atoms. The highest BCUT2D eigenvalue weighted by Crippen LogP contribution is 2.44. The van der Waals surface area contributed by atoms with Gasteiger partial charge in [0.2, 0.25) is 0 Å². The van der Waals surface area contributed by atoms with Crippen molar-refractivity contribution < 1.29 is 41.0 Å². The van der Waals surface area contributed by atoms with Crippen LogP contribution in [0.5, 0.6) is 5.75 Å². The zero-order valence-corrected chi connectivity index (χ0v) is 10.6. The summed E-state index contributed by atoms with van der Waals surface area (Å²) in [5, 5.41) is 9.15. The summed E-state index contributed by atoms with van der Waals surface area (Å²) in [5.74, 6) is -3.30. The maximum atomic E-state index is 12.6. The molecular formula is C12H10F6O3. The van der Waals surface area contributed by atoms with Crippen molar-refractivity contribution in [1.29, 1.82) is 0 Å². The molecule has 0 amide bonds. The molecule has 0 aliphatic heterocycles. The van der Waals surface area contributed by atoms with Gasteiger partial charge in [-0.1, -0.05) is 6.92 Å². The first-order valence-electron chi connectivity index (χ1n) is 5.67. The Bertz CT molecular complexity index is 498. The van der Waals surface area contributed by atoms with Crippen LogP contribution in [0, 0.1) is 0 Å². The van der Waals surface area contributed by atoms with Gasteiger partial charge in [0.05, 0.1) is 23.3 Å². The van der Waals surface area contributed by atoms with E-state index in [-0.39, 0.29) is 18.7 Å². The van der Waals surface area contributed by atoms with E-state index in [0.29, 0.717) is 6.42 Å². The van der Waals surface area contributed by atoms with E-state index in [0.717, 1.165) is 0 Å². The molecule has 0 heterocycles. The lowest BCUT2D eigenvalue weighted by Crippen LogP contribution is -2.15. The molecule has 1 aromatic rings. The molecule has 1 aromatic carbocycles. The minimum absolute atomic E-state index is 0.128. The summed E-state index contributed by atoms with van der Waals surface area (Å²) in [6, 6.07) is 0.255. The average molecular weight is 316 g/mol. The van der Waals surface area contributed by atoms with Crippen molar-refractivity contribution in [1.82, 2.24) is 0 Å². The SMILES string of the molecule is CCCOC(=O)c1cc(C(F)(F)F)c(O)c(C(F)(F)F)c1. The number of alkyl halides is 6. The first-order valence-corrected chi connectivity index (χ1v) is 5.67. The second-order valence-electron chi connectivity index (χ2n) is 4.05. The van der Waals surface area contributed by atoms with Crippen LogP contribution in [0.1, 0.15) is 34.8 Å². The largest absolute Gasteiger partial charge is 0.507 e. The molecule has 3 nitrogen and oxygen atoms in total. The van der Waals surface area contributed by atoms with Crippen molar-refractivity contribution in [3.8, 4) is 5.75 Å². The minimum atomic E-state index is -5.24. The molecule has 0 unspecified atom stereocenters. The minimum Gasteiger partial charge on any atom is -0.507 e. The van der Waals surface area contributed by atoms with Crippen molar-refractivity contribution in [2.75, 3.05) is 6.61 Å². The van der Waals surface area contributed by atoms with Crippen molar-refractivity contribution in [3.05, 3.63) is 28.8 Å². The van der Waals surface area contributed by atoms with Gasteiger partial charge in [-0.3, -0.25) is 0 Å².